The number of nitrogens with one attached hydrogen (secondary N) is 1. The van der Waals surface area contributed by atoms with Crippen molar-refractivity contribution in [2.45, 2.75) is 19.4 Å². The van der Waals surface area contributed by atoms with Gasteiger partial charge in [-0.15, -0.1) is 12.4 Å². The van der Waals surface area contributed by atoms with E-state index in [4.69, 9.17) is 4.52 Å². The first-order chi connectivity index (χ1) is 9.83. The van der Waals surface area contributed by atoms with Gasteiger partial charge in [-0.2, -0.15) is 4.98 Å². The number of halogens is 1. The molecule has 3 rings (SSSR count). The highest BCUT2D eigenvalue weighted by Gasteiger charge is 2.22. The zero-order valence-corrected chi connectivity index (χ0v) is 13.0. The number of benzene rings is 1. The van der Waals surface area contributed by atoms with E-state index in [1.54, 1.807) is 0 Å². The molecular weight excluding hydrogens is 288 g/mol. The van der Waals surface area contributed by atoms with E-state index in [0.29, 0.717) is 0 Å². The molecule has 0 aliphatic carbocycles. The van der Waals surface area contributed by atoms with Crippen LogP contribution in [0.1, 0.15) is 30.2 Å². The fraction of sp³-hybridized carbons (Fsp3) is 0.467. The van der Waals surface area contributed by atoms with E-state index >= 15 is 0 Å². The number of aromatic nitrogens is 2. The molecule has 1 aromatic carbocycles. The minimum atomic E-state index is 0. The largest absolute Gasteiger partial charge is 0.338 e. The normalized spacial score (nSPS) is 17.2. The van der Waals surface area contributed by atoms with E-state index in [1.807, 2.05) is 18.2 Å². The molecular formula is C15H21ClN4O. The molecule has 1 N–H and O–H groups in total. The molecule has 1 aliphatic heterocycles. The molecule has 0 bridgehead atoms. The number of nitrogens with zero attached hydrogens (tertiary/aromatic N) is 3. The third-order valence-corrected chi connectivity index (χ3v) is 3.75. The fourth-order valence-corrected chi connectivity index (χ4v) is 2.51. The summed E-state index contributed by atoms with van der Waals surface area (Å²) >= 11 is 0. The topological polar surface area (TPSA) is 54.2 Å². The summed E-state index contributed by atoms with van der Waals surface area (Å²) in [5.41, 5.74) is 1.20. The summed E-state index contributed by atoms with van der Waals surface area (Å²) in [7, 11) is 0. The highest BCUT2D eigenvalue weighted by Crippen LogP contribution is 2.19. The van der Waals surface area contributed by atoms with Crippen LogP contribution in [-0.4, -0.2) is 41.2 Å². The molecule has 6 heteroatoms. The first-order valence-corrected chi connectivity index (χ1v) is 7.14. The van der Waals surface area contributed by atoms with Gasteiger partial charge in [0.2, 0.25) is 5.89 Å². The standard InChI is InChI=1S/C15H20N4O.ClH/c1-12(19-9-7-16-8-10-19)15-17-14(18-20-15)11-13-5-3-2-4-6-13;/h2-6,12,16H,7-11H2,1H3;1H. The fourth-order valence-electron chi connectivity index (χ4n) is 2.51. The van der Waals surface area contributed by atoms with Crippen LogP contribution in [0.3, 0.4) is 0 Å². The molecule has 1 aliphatic rings. The Morgan fingerprint density at radius 3 is 2.67 bits per heavy atom. The van der Waals surface area contributed by atoms with Gasteiger partial charge in [-0.3, -0.25) is 4.90 Å². The molecule has 114 valence electrons. The number of hydrogen-bond donors (Lipinski definition) is 1. The van der Waals surface area contributed by atoms with Crippen LogP contribution in [0, 0.1) is 0 Å². The van der Waals surface area contributed by atoms with Crippen molar-refractivity contribution in [3.63, 3.8) is 0 Å². The third-order valence-electron chi connectivity index (χ3n) is 3.75. The molecule has 0 saturated carbocycles. The van der Waals surface area contributed by atoms with Crippen LogP contribution in [0.4, 0.5) is 0 Å². The van der Waals surface area contributed by atoms with E-state index in [9.17, 15) is 0 Å². The van der Waals surface area contributed by atoms with Crippen LogP contribution < -0.4 is 5.32 Å². The Balaban J connectivity index is 0.00000161. The molecule has 0 radical (unpaired) electrons. The van der Waals surface area contributed by atoms with E-state index in [-0.39, 0.29) is 18.4 Å². The summed E-state index contributed by atoms with van der Waals surface area (Å²) in [5, 5.41) is 7.45. The maximum Gasteiger partial charge on any atom is 0.243 e. The van der Waals surface area contributed by atoms with Crippen molar-refractivity contribution in [2.24, 2.45) is 0 Å². The second kappa shape index (κ2) is 7.54. The minimum absolute atomic E-state index is 0. The zero-order valence-electron chi connectivity index (χ0n) is 12.2. The number of rotatable bonds is 4. The van der Waals surface area contributed by atoms with E-state index in [2.05, 4.69) is 39.4 Å². The smallest absolute Gasteiger partial charge is 0.243 e. The van der Waals surface area contributed by atoms with Crippen LogP contribution in [0.5, 0.6) is 0 Å². The third kappa shape index (κ3) is 4.03. The first kappa shape index (κ1) is 15.9. The average Bonchev–Trinajstić information content (AvgIpc) is 2.97. The summed E-state index contributed by atoms with van der Waals surface area (Å²) in [6.45, 7) is 6.23. The van der Waals surface area contributed by atoms with Gasteiger partial charge in [0.15, 0.2) is 5.82 Å². The second-order valence-corrected chi connectivity index (χ2v) is 5.17. The van der Waals surface area contributed by atoms with Crippen LogP contribution in [0.25, 0.3) is 0 Å². The number of piperazine rings is 1. The Morgan fingerprint density at radius 1 is 1.24 bits per heavy atom. The molecule has 2 heterocycles. The van der Waals surface area contributed by atoms with Crippen LogP contribution in [0.15, 0.2) is 34.9 Å². The number of hydrogen-bond acceptors (Lipinski definition) is 5. The summed E-state index contributed by atoms with van der Waals surface area (Å²) < 4.78 is 5.43. The van der Waals surface area contributed by atoms with Crippen LogP contribution in [-0.2, 0) is 6.42 Å². The van der Waals surface area contributed by atoms with Crippen molar-refractivity contribution in [3.8, 4) is 0 Å². The summed E-state index contributed by atoms with van der Waals surface area (Å²) in [4.78, 5) is 6.91. The maximum absolute atomic E-state index is 5.43. The Labute approximate surface area is 131 Å². The van der Waals surface area contributed by atoms with Crippen molar-refractivity contribution >= 4 is 12.4 Å². The van der Waals surface area contributed by atoms with Gasteiger partial charge in [-0.05, 0) is 12.5 Å². The van der Waals surface area contributed by atoms with Gasteiger partial charge in [0, 0.05) is 32.6 Å². The van der Waals surface area contributed by atoms with Crippen molar-refractivity contribution in [1.29, 1.82) is 0 Å². The van der Waals surface area contributed by atoms with Crippen molar-refractivity contribution < 1.29 is 4.52 Å². The lowest BCUT2D eigenvalue weighted by molar-refractivity contribution is 0.154. The summed E-state index contributed by atoms with van der Waals surface area (Å²) in [5.74, 6) is 1.48. The van der Waals surface area contributed by atoms with Gasteiger partial charge in [0.05, 0.1) is 6.04 Å². The van der Waals surface area contributed by atoms with Crippen LogP contribution >= 0.6 is 12.4 Å². The SMILES string of the molecule is CC(c1nc(Cc2ccccc2)no1)N1CCNCC1.Cl. The van der Waals surface area contributed by atoms with Gasteiger partial charge in [-0.1, -0.05) is 35.5 Å². The quantitative estimate of drug-likeness (QED) is 0.937. The Hall–Kier alpha value is -1.43. The van der Waals surface area contributed by atoms with Gasteiger partial charge in [0.1, 0.15) is 0 Å². The van der Waals surface area contributed by atoms with E-state index < -0.39 is 0 Å². The Kier molecular flexibility index (Phi) is 5.73. The van der Waals surface area contributed by atoms with E-state index in [1.165, 1.54) is 5.56 Å². The van der Waals surface area contributed by atoms with Crippen molar-refractivity contribution in [2.75, 3.05) is 26.2 Å². The minimum Gasteiger partial charge on any atom is -0.338 e. The molecule has 5 nitrogen and oxygen atoms in total. The van der Waals surface area contributed by atoms with Crippen LogP contribution in [0.2, 0.25) is 0 Å². The van der Waals surface area contributed by atoms with Gasteiger partial charge >= 0.3 is 0 Å². The predicted molar refractivity (Wildman–Crippen MR) is 83.7 cm³/mol. The van der Waals surface area contributed by atoms with Gasteiger partial charge in [-0.25, -0.2) is 0 Å². The first-order valence-electron chi connectivity index (χ1n) is 7.14. The zero-order chi connectivity index (χ0) is 13.8. The van der Waals surface area contributed by atoms with Gasteiger partial charge < -0.3 is 9.84 Å². The summed E-state index contributed by atoms with van der Waals surface area (Å²) in [6.07, 6.45) is 0.721. The molecule has 1 fully saturated rings. The lowest BCUT2D eigenvalue weighted by atomic mass is 10.1. The summed E-state index contributed by atoms with van der Waals surface area (Å²) in [6, 6.07) is 10.4. The van der Waals surface area contributed by atoms with E-state index in [0.717, 1.165) is 44.3 Å². The molecule has 1 saturated heterocycles. The Bertz CT molecular complexity index is 540. The molecule has 2 aromatic rings. The highest BCUT2D eigenvalue weighted by atomic mass is 35.5. The highest BCUT2D eigenvalue weighted by molar-refractivity contribution is 5.85. The molecule has 0 spiro atoms. The molecule has 0 amide bonds. The second-order valence-electron chi connectivity index (χ2n) is 5.17. The van der Waals surface area contributed by atoms with Gasteiger partial charge in [0.25, 0.3) is 0 Å². The molecule has 1 atom stereocenters. The monoisotopic (exact) mass is 308 g/mol. The molecule has 21 heavy (non-hydrogen) atoms. The van der Waals surface area contributed by atoms with Crippen molar-refractivity contribution in [1.82, 2.24) is 20.4 Å². The maximum atomic E-state index is 5.43. The Morgan fingerprint density at radius 2 is 1.95 bits per heavy atom. The molecule has 1 unspecified atom stereocenters. The lowest BCUT2D eigenvalue weighted by Crippen LogP contribution is -2.44. The predicted octanol–water partition coefficient (Wildman–Crippen LogP) is 2.05. The lowest BCUT2D eigenvalue weighted by Gasteiger charge is -2.30. The van der Waals surface area contributed by atoms with Crippen molar-refractivity contribution in [3.05, 3.63) is 47.6 Å². The molecule has 1 aromatic heterocycles. The average molecular weight is 309 g/mol.